The molecule has 0 amide bonds. The van der Waals surface area contributed by atoms with E-state index in [0.717, 1.165) is 4.47 Å². The van der Waals surface area contributed by atoms with Gasteiger partial charge in [0.25, 0.3) is 0 Å². The zero-order valence-electron chi connectivity index (χ0n) is 11.7. The van der Waals surface area contributed by atoms with Gasteiger partial charge in [0.05, 0.1) is 19.3 Å². The van der Waals surface area contributed by atoms with Crippen molar-refractivity contribution in [1.82, 2.24) is 0 Å². The molecule has 0 fully saturated rings. The Morgan fingerprint density at radius 1 is 1.15 bits per heavy atom. The molecule has 104 valence electrons. The van der Waals surface area contributed by atoms with E-state index in [9.17, 15) is 0 Å². The molecule has 1 aliphatic rings. The molecule has 2 aromatic carbocycles. The van der Waals surface area contributed by atoms with E-state index in [1.807, 2.05) is 0 Å². The summed E-state index contributed by atoms with van der Waals surface area (Å²) in [4.78, 5) is 0. The average Bonchev–Trinajstić information content (AvgIpc) is 2.43. The van der Waals surface area contributed by atoms with Crippen LogP contribution in [0.15, 0.2) is 40.9 Å². The highest BCUT2D eigenvalue weighted by Crippen LogP contribution is 2.32. The minimum absolute atomic E-state index is 0.221. The van der Waals surface area contributed by atoms with Crippen molar-refractivity contribution in [2.45, 2.75) is 26.5 Å². The van der Waals surface area contributed by atoms with Crippen LogP contribution in [0.25, 0.3) is 0 Å². The highest BCUT2D eigenvalue weighted by Gasteiger charge is 2.21. The highest BCUT2D eigenvalue weighted by molar-refractivity contribution is 9.10. The van der Waals surface area contributed by atoms with Crippen molar-refractivity contribution >= 4 is 21.6 Å². The summed E-state index contributed by atoms with van der Waals surface area (Å²) in [6.45, 7) is 5.70. The number of benzene rings is 2. The van der Waals surface area contributed by atoms with Crippen LogP contribution in [0.5, 0.6) is 0 Å². The molecule has 0 saturated carbocycles. The molecular formula is C17H18BrNO. The van der Waals surface area contributed by atoms with Gasteiger partial charge in [0.1, 0.15) is 0 Å². The van der Waals surface area contributed by atoms with Crippen LogP contribution in [-0.4, -0.2) is 6.61 Å². The summed E-state index contributed by atoms with van der Waals surface area (Å²) in [5, 5.41) is 3.66. The van der Waals surface area contributed by atoms with Gasteiger partial charge < -0.3 is 10.1 Å². The molecule has 0 aliphatic carbocycles. The molecule has 1 N–H and O–H groups in total. The maximum atomic E-state index is 5.71. The fourth-order valence-electron chi connectivity index (χ4n) is 2.81. The molecule has 2 nitrogen and oxygen atoms in total. The van der Waals surface area contributed by atoms with Gasteiger partial charge in [-0.1, -0.05) is 40.2 Å². The maximum Gasteiger partial charge on any atom is 0.0751 e. The van der Waals surface area contributed by atoms with Crippen molar-refractivity contribution in [2.75, 3.05) is 11.9 Å². The van der Waals surface area contributed by atoms with Crippen LogP contribution in [0.3, 0.4) is 0 Å². The number of fused-ring (bicyclic) bond motifs is 1. The van der Waals surface area contributed by atoms with E-state index in [1.165, 1.54) is 27.9 Å². The smallest absolute Gasteiger partial charge is 0.0751 e. The van der Waals surface area contributed by atoms with Gasteiger partial charge in [-0.15, -0.1) is 0 Å². The quantitative estimate of drug-likeness (QED) is 0.857. The first-order valence-corrected chi connectivity index (χ1v) is 7.63. The van der Waals surface area contributed by atoms with E-state index in [2.05, 4.69) is 71.5 Å². The molecule has 20 heavy (non-hydrogen) atoms. The van der Waals surface area contributed by atoms with Crippen LogP contribution in [0.1, 0.15) is 28.3 Å². The zero-order chi connectivity index (χ0) is 14.1. The Bertz CT molecular complexity index is 616. The van der Waals surface area contributed by atoms with Crippen molar-refractivity contribution < 1.29 is 4.74 Å². The van der Waals surface area contributed by atoms with E-state index in [4.69, 9.17) is 4.74 Å². The maximum absolute atomic E-state index is 5.71. The monoisotopic (exact) mass is 331 g/mol. The number of hydrogen-bond acceptors (Lipinski definition) is 2. The number of ether oxygens (including phenoxy) is 1. The second kappa shape index (κ2) is 5.58. The second-order valence-corrected chi connectivity index (χ2v) is 6.24. The summed E-state index contributed by atoms with van der Waals surface area (Å²) in [6.07, 6.45) is 0. The predicted molar refractivity (Wildman–Crippen MR) is 86.1 cm³/mol. The van der Waals surface area contributed by atoms with Gasteiger partial charge in [0.2, 0.25) is 0 Å². The van der Waals surface area contributed by atoms with Crippen molar-refractivity contribution in [3.8, 4) is 0 Å². The molecule has 3 rings (SSSR count). The van der Waals surface area contributed by atoms with Gasteiger partial charge in [-0.3, -0.25) is 0 Å². The van der Waals surface area contributed by atoms with Crippen LogP contribution in [0.4, 0.5) is 5.69 Å². The lowest BCUT2D eigenvalue weighted by Gasteiger charge is -2.28. The summed E-state index contributed by atoms with van der Waals surface area (Å²) in [7, 11) is 0. The van der Waals surface area contributed by atoms with Crippen molar-refractivity contribution in [3.05, 3.63) is 63.1 Å². The van der Waals surface area contributed by atoms with E-state index in [0.29, 0.717) is 13.2 Å². The largest absolute Gasteiger partial charge is 0.375 e. The molecule has 0 spiro atoms. The Kier molecular flexibility index (Phi) is 3.81. The summed E-state index contributed by atoms with van der Waals surface area (Å²) in [6, 6.07) is 13.0. The first-order chi connectivity index (χ1) is 9.65. The lowest BCUT2D eigenvalue weighted by molar-refractivity contribution is 0.0970. The molecule has 3 heteroatoms. The summed E-state index contributed by atoms with van der Waals surface area (Å²) >= 11 is 3.55. The van der Waals surface area contributed by atoms with E-state index in [1.54, 1.807) is 0 Å². The first-order valence-electron chi connectivity index (χ1n) is 6.84. The average molecular weight is 332 g/mol. The van der Waals surface area contributed by atoms with Crippen LogP contribution >= 0.6 is 15.9 Å². The topological polar surface area (TPSA) is 21.3 Å². The lowest BCUT2D eigenvalue weighted by Crippen LogP contribution is -2.23. The Morgan fingerprint density at radius 3 is 2.60 bits per heavy atom. The number of rotatable bonds is 2. The molecular weight excluding hydrogens is 314 g/mol. The fraction of sp³-hybridized carbons (Fsp3) is 0.294. The molecule has 2 aromatic rings. The van der Waals surface area contributed by atoms with E-state index < -0.39 is 0 Å². The third-order valence-electron chi connectivity index (χ3n) is 3.79. The highest BCUT2D eigenvalue weighted by atomic mass is 79.9. The third-order valence-corrected chi connectivity index (χ3v) is 4.25. The first kappa shape index (κ1) is 13.7. The number of anilines is 1. The molecule has 1 atom stereocenters. The van der Waals surface area contributed by atoms with Gasteiger partial charge >= 0.3 is 0 Å². The minimum atomic E-state index is 0.221. The summed E-state index contributed by atoms with van der Waals surface area (Å²) < 4.78 is 6.84. The SMILES string of the molecule is Cc1cc(Br)cc(C)c1NC1COCc2ccccc21. The fourth-order valence-corrected chi connectivity index (χ4v) is 3.50. The standard InChI is InChI=1S/C17H18BrNO/c1-11-7-14(18)8-12(2)17(11)19-16-10-20-9-13-5-3-4-6-15(13)16/h3-8,16,19H,9-10H2,1-2H3. The molecule has 0 aromatic heterocycles. The van der Waals surface area contributed by atoms with Crippen molar-refractivity contribution in [2.24, 2.45) is 0 Å². The van der Waals surface area contributed by atoms with Gasteiger partial charge in [-0.2, -0.15) is 0 Å². The number of aryl methyl sites for hydroxylation is 2. The van der Waals surface area contributed by atoms with Gasteiger partial charge in [0, 0.05) is 10.2 Å². The van der Waals surface area contributed by atoms with Crippen LogP contribution in [0.2, 0.25) is 0 Å². The number of hydrogen-bond donors (Lipinski definition) is 1. The lowest BCUT2D eigenvalue weighted by atomic mass is 9.98. The van der Waals surface area contributed by atoms with Crippen LogP contribution < -0.4 is 5.32 Å². The Hall–Kier alpha value is -1.32. The zero-order valence-corrected chi connectivity index (χ0v) is 13.3. The van der Waals surface area contributed by atoms with E-state index in [-0.39, 0.29) is 6.04 Å². The van der Waals surface area contributed by atoms with E-state index >= 15 is 0 Å². The minimum Gasteiger partial charge on any atom is -0.375 e. The normalized spacial score (nSPS) is 17.6. The number of nitrogens with one attached hydrogen (secondary N) is 1. The van der Waals surface area contributed by atoms with Gasteiger partial charge in [-0.25, -0.2) is 0 Å². The van der Waals surface area contributed by atoms with Crippen LogP contribution in [-0.2, 0) is 11.3 Å². The summed E-state index contributed by atoms with van der Waals surface area (Å²) in [5.74, 6) is 0. The molecule has 0 bridgehead atoms. The second-order valence-electron chi connectivity index (χ2n) is 5.33. The van der Waals surface area contributed by atoms with Crippen molar-refractivity contribution in [3.63, 3.8) is 0 Å². The predicted octanol–water partition coefficient (Wildman–Crippen LogP) is 4.75. The Morgan fingerprint density at radius 2 is 1.85 bits per heavy atom. The molecule has 1 unspecified atom stereocenters. The number of halogens is 1. The third kappa shape index (κ3) is 2.60. The Labute approximate surface area is 128 Å². The molecule has 1 heterocycles. The van der Waals surface area contributed by atoms with Crippen LogP contribution in [0, 0.1) is 13.8 Å². The molecule has 0 radical (unpaired) electrons. The molecule has 1 aliphatic heterocycles. The van der Waals surface area contributed by atoms with Gasteiger partial charge in [0.15, 0.2) is 0 Å². The summed E-state index contributed by atoms with van der Waals surface area (Å²) in [5.41, 5.74) is 6.34. The van der Waals surface area contributed by atoms with Gasteiger partial charge in [-0.05, 0) is 48.2 Å². The Balaban J connectivity index is 1.94. The van der Waals surface area contributed by atoms with Crippen molar-refractivity contribution in [1.29, 1.82) is 0 Å². The molecule has 0 saturated heterocycles.